The number of ether oxygens (including phenoxy) is 2. The lowest BCUT2D eigenvalue weighted by Gasteiger charge is -2.45. The molecule has 2 atom stereocenters. The first-order valence-electron chi connectivity index (χ1n) is 7.98. The van der Waals surface area contributed by atoms with Gasteiger partial charge in [-0.2, -0.15) is 0 Å². The van der Waals surface area contributed by atoms with Gasteiger partial charge in [-0.3, -0.25) is 4.90 Å². The van der Waals surface area contributed by atoms with Gasteiger partial charge in [-0.25, -0.2) is 4.79 Å². The zero-order valence-electron chi connectivity index (χ0n) is 14.7. The van der Waals surface area contributed by atoms with Crippen molar-refractivity contribution in [3.63, 3.8) is 0 Å². The van der Waals surface area contributed by atoms with E-state index in [4.69, 9.17) is 9.47 Å². The molecule has 1 amide bonds. The fourth-order valence-electron chi connectivity index (χ4n) is 2.90. The van der Waals surface area contributed by atoms with Gasteiger partial charge in [-0.1, -0.05) is 37.5 Å². The van der Waals surface area contributed by atoms with Gasteiger partial charge in [0.25, 0.3) is 0 Å². The van der Waals surface area contributed by atoms with Crippen LogP contribution in [-0.4, -0.2) is 50.0 Å². The number of amides is 1. The highest BCUT2D eigenvalue weighted by Crippen LogP contribution is 2.34. The molecule has 4 nitrogen and oxygen atoms in total. The minimum Gasteiger partial charge on any atom is -0.444 e. The number of hydrogen-bond acceptors (Lipinski definition) is 3. The molecule has 124 valence electrons. The lowest BCUT2D eigenvalue weighted by Crippen LogP contribution is -2.57. The Morgan fingerprint density at radius 2 is 2.00 bits per heavy atom. The molecule has 2 aliphatic heterocycles. The van der Waals surface area contributed by atoms with E-state index in [1.807, 2.05) is 25.7 Å². The molecule has 0 aromatic heterocycles. The Kier molecular flexibility index (Phi) is 4.60. The Morgan fingerprint density at radius 3 is 2.50 bits per heavy atom. The van der Waals surface area contributed by atoms with Crippen molar-refractivity contribution in [2.45, 2.75) is 64.5 Å². The van der Waals surface area contributed by atoms with E-state index in [2.05, 4.69) is 32.3 Å². The molecule has 1 saturated heterocycles. The molecule has 2 bridgehead atoms. The first kappa shape index (κ1) is 17.3. The highest BCUT2D eigenvalue weighted by molar-refractivity contribution is 6.83. The molecule has 2 heterocycles. The lowest BCUT2D eigenvalue weighted by molar-refractivity contribution is -0.0531. The molecule has 0 aromatic rings. The van der Waals surface area contributed by atoms with Gasteiger partial charge < -0.3 is 9.47 Å². The zero-order chi connectivity index (χ0) is 16.7. The summed E-state index contributed by atoms with van der Waals surface area (Å²) >= 11 is 0. The van der Waals surface area contributed by atoms with Gasteiger partial charge in [0.15, 0.2) is 0 Å². The minimum absolute atomic E-state index is 0.0366. The maximum absolute atomic E-state index is 12.5. The summed E-state index contributed by atoms with van der Waals surface area (Å²) in [5.41, 5.74) is 0.843. The quantitative estimate of drug-likeness (QED) is 0.726. The van der Waals surface area contributed by atoms with Crippen molar-refractivity contribution < 1.29 is 14.3 Å². The topological polar surface area (TPSA) is 38.8 Å². The van der Waals surface area contributed by atoms with Gasteiger partial charge in [0, 0.05) is 0 Å². The van der Waals surface area contributed by atoms with Crippen LogP contribution in [0.15, 0.2) is 23.4 Å². The van der Waals surface area contributed by atoms with Crippen molar-refractivity contribution in [1.29, 1.82) is 0 Å². The summed E-state index contributed by atoms with van der Waals surface area (Å²) in [5, 5.41) is 1.29. The van der Waals surface area contributed by atoms with E-state index in [-0.39, 0.29) is 18.2 Å². The van der Waals surface area contributed by atoms with E-state index in [0.29, 0.717) is 13.2 Å². The number of nitrogens with zero attached hydrogens (tertiary/aromatic N) is 1. The van der Waals surface area contributed by atoms with Crippen LogP contribution in [0.5, 0.6) is 0 Å². The number of carbonyl (C=O) groups is 1. The molecule has 2 rings (SSSR count). The standard InChI is InChI=1S/C17H29NO3Si/c1-12(22(5,6)7)13-8-14-10-20-11-15(9-13)18(14)16(19)21-17(2,3)4/h8,14-15H,1,9-11H2,2-7H3. The molecule has 2 unspecified atom stereocenters. The number of rotatable bonds is 2. The number of hydrogen-bond donors (Lipinski definition) is 0. The number of carbonyl (C=O) groups excluding carboxylic acids is 1. The van der Waals surface area contributed by atoms with E-state index in [0.717, 1.165) is 6.42 Å². The first-order valence-corrected chi connectivity index (χ1v) is 11.5. The van der Waals surface area contributed by atoms with Gasteiger partial charge in [-0.05, 0) is 32.8 Å². The van der Waals surface area contributed by atoms with Crippen LogP contribution >= 0.6 is 0 Å². The summed E-state index contributed by atoms with van der Waals surface area (Å²) in [6, 6.07) is 0.0205. The Labute approximate surface area is 135 Å². The van der Waals surface area contributed by atoms with Crippen LogP contribution in [0.25, 0.3) is 0 Å². The molecular weight excluding hydrogens is 294 g/mol. The van der Waals surface area contributed by atoms with E-state index < -0.39 is 13.7 Å². The van der Waals surface area contributed by atoms with E-state index in [9.17, 15) is 4.79 Å². The van der Waals surface area contributed by atoms with Crippen molar-refractivity contribution >= 4 is 14.2 Å². The van der Waals surface area contributed by atoms with Crippen molar-refractivity contribution in [3.8, 4) is 0 Å². The second-order valence-electron chi connectivity index (χ2n) is 8.27. The van der Waals surface area contributed by atoms with Crippen molar-refractivity contribution in [2.24, 2.45) is 0 Å². The van der Waals surface area contributed by atoms with E-state index in [1.165, 1.54) is 10.8 Å². The Morgan fingerprint density at radius 1 is 1.36 bits per heavy atom. The van der Waals surface area contributed by atoms with Gasteiger partial charge in [0.1, 0.15) is 5.60 Å². The largest absolute Gasteiger partial charge is 0.444 e. The molecule has 1 fully saturated rings. The van der Waals surface area contributed by atoms with Gasteiger partial charge in [0.2, 0.25) is 0 Å². The molecule has 5 heteroatoms. The van der Waals surface area contributed by atoms with Crippen LogP contribution in [0.2, 0.25) is 19.6 Å². The molecule has 0 aromatic carbocycles. The molecule has 2 aliphatic rings. The molecule has 0 radical (unpaired) electrons. The van der Waals surface area contributed by atoms with E-state index >= 15 is 0 Å². The fraction of sp³-hybridized carbons (Fsp3) is 0.706. The third kappa shape index (κ3) is 3.82. The summed E-state index contributed by atoms with van der Waals surface area (Å²) in [5.74, 6) is 0. The second kappa shape index (κ2) is 5.85. The van der Waals surface area contributed by atoms with Gasteiger partial charge in [-0.15, -0.1) is 0 Å². The highest BCUT2D eigenvalue weighted by atomic mass is 28.3. The normalized spacial score (nSPS) is 25.5. The van der Waals surface area contributed by atoms with Crippen LogP contribution in [0.3, 0.4) is 0 Å². The SMILES string of the molecule is C=C(C1=CC2COCC(C1)N2C(=O)OC(C)(C)C)[Si](C)(C)C. The molecule has 0 spiro atoms. The third-order valence-electron chi connectivity index (χ3n) is 4.10. The van der Waals surface area contributed by atoms with Crippen molar-refractivity contribution in [1.82, 2.24) is 4.90 Å². The molecule has 0 saturated carbocycles. The molecule has 0 N–H and O–H groups in total. The van der Waals surface area contributed by atoms with Crippen molar-refractivity contribution in [3.05, 3.63) is 23.4 Å². The Hall–Kier alpha value is -1.07. The highest BCUT2D eigenvalue weighted by Gasteiger charge is 2.41. The predicted molar refractivity (Wildman–Crippen MR) is 91.7 cm³/mol. The maximum atomic E-state index is 12.5. The summed E-state index contributed by atoms with van der Waals surface area (Å²) in [4.78, 5) is 14.4. The van der Waals surface area contributed by atoms with Crippen LogP contribution in [-0.2, 0) is 9.47 Å². The van der Waals surface area contributed by atoms with Crippen LogP contribution in [0.1, 0.15) is 27.2 Å². The number of morpholine rings is 1. The van der Waals surface area contributed by atoms with Crippen molar-refractivity contribution in [2.75, 3.05) is 13.2 Å². The number of fused-ring (bicyclic) bond motifs is 2. The molecule has 0 aliphatic carbocycles. The van der Waals surface area contributed by atoms with Crippen LogP contribution in [0.4, 0.5) is 4.79 Å². The minimum atomic E-state index is -1.42. The monoisotopic (exact) mass is 323 g/mol. The lowest BCUT2D eigenvalue weighted by atomic mass is 9.94. The summed E-state index contributed by atoms with van der Waals surface area (Å²) in [6.45, 7) is 18.1. The summed E-state index contributed by atoms with van der Waals surface area (Å²) in [7, 11) is -1.42. The number of allylic oxidation sites excluding steroid dienone is 1. The average Bonchev–Trinajstić information content (AvgIpc) is 2.32. The summed E-state index contributed by atoms with van der Waals surface area (Å²) < 4.78 is 11.2. The Bertz CT molecular complexity index is 499. The zero-order valence-corrected chi connectivity index (χ0v) is 15.7. The average molecular weight is 324 g/mol. The van der Waals surface area contributed by atoms with Crippen LogP contribution < -0.4 is 0 Å². The van der Waals surface area contributed by atoms with Gasteiger partial charge in [0.05, 0.1) is 33.4 Å². The molecule has 22 heavy (non-hydrogen) atoms. The first-order chi connectivity index (χ1) is 9.99. The predicted octanol–water partition coefficient (Wildman–Crippen LogP) is 3.75. The third-order valence-corrected chi connectivity index (χ3v) is 6.23. The van der Waals surface area contributed by atoms with E-state index in [1.54, 1.807) is 0 Å². The van der Waals surface area contributed by atoms with Crippen LogP contribution in [0, 0.1) is 0 Å². The fourth-order valence-corrected chi connectivity index (χ4v) is 4.05. The second-order valence-corrected chi connectivity index (χ2v) is 13.4. The van der Waals surface area contributed by atoms with Gasteiger partial charge >= 0.3 is 6.09 Å². The smallest absolute Gasteiger partial charge is 0.411 e. The summed E-state index contributed by atoms with van der Waals surface area (Å²) in [6.07, 6.45) is 2.75. The maximum Gasteiger partial charge on any atom is 0.411 e. The Balaban J connectivity index is 2.22. The molecular formula is C17H29NO3Si.